The first-order valence-corrected chi connectivity index (χ1v) is 4.74. The van der Waals surface area contributed by atoms with E-state index in [-0.39, 0.29) is 6.61 Å². The Kier molecular flexibility index (Phi) is 4.03. The lowest BCUT2D eigenvalue weighted by atomic mass is 10.1. The van der Waals surface area contributed by atoms with Gasteiger partial charge in [0, 0.05) is 5.56 Å². The fraction of sp³-hybridized carbons (Fsp3) is 0.250. The Bertz CT molecular complexity index is 366. The number of carbonyl (C=O) groups is 1. The number of hydrogen-bond acceptors (Lipinski definition) is 2. The molecule has 1 aromatic carbocycles. The molecule has 0 saturated carbocycles. The van der Waals surface area contributed by atoms with Crippen molar-refractivity contribution in [3.8, 4) is 0 Å². The van der Waals surface area contributed by atoms with Crippen molar-refractivity contribution in [1.29, 1.82) is 0 Å². The molecule has 0 aromatic heterocycles. The van der Waals surface area contributed by atoms with Gasteiger partial charge >= 0.3 is 5.97 Å². The van der Waals surface area contributed by atoms with E-state index in [9.17, 15) is 9.18 Å². The number of ether oxygens (including phenoxy) is 1. The number of rotatable bonds is 3. The number of halogens is 1. The maximum atomic E-state index is 13.4. The van der Waals surface area contributed by atoms with Crippen molar-refractivity contribution < 1.29 is 13.9 Å². The monoisotopic (exact) mass is 208 g/mol. The molecule has 1 rings (SSSR count). The van der Waals surface area contributed by atoms with Crippen LogP contribution in [-0.2, 0) is 9.53 Å². The van der Waals surface area contributed by atoms with Gasteiger partial charge in [0.25, 0.3) is 0 Å². The Balaban J connectivity index is 2.79. The fourth-order valence-electron chi connectivity index (χ4n) is 1.08. The van der Waals surface area contributed by atoms with Gasteiger partial charge in [-0.15, -0.1) is 0 Å². The first-order valence-electron chi connectivity index (χ1n) is 4.74. The van der Waals surface area contributed by atoms with Crippen molar-refractivity contribution >= 4 is 11.8 Å². The van der Waals surface area contributed by atoms with E-state index in [0.29, 0.717) is 5.56 Å². The molecule has 0 aliphatic heterocycles. The third-order valence-electron chi connectivity index (χ3n) is 1.86. The van der Waals surface area contributed by atoms with Crippen LogP contribution in [0.5, 0.6) is 0 Å². The molecule has 0 aliphatic rings. The summed E-state index contributed by atoms with van der Waals surface area (Å²) in [6.07, 6.45) is 0.855. The van der Waals surface area contributed by atoms with E-state index < -0.39 is 11.8 Å². The molecule has 1 aromatic rings. The highest BCUT2D eigenvalue weighted by molar-refractivity contribution is 5.89. The molecule has 0 heterocycles. The third kappa shape index (κ3) is 3.54. The van der Waals surface area contributed by atoms with Crippen LogP contribution in [0.15, 0.2) is 30.3 Å². The SMILES string of the molecule is CCOC(=O)/C=C(\F)c1ccc(C)cc1. The maximum absolute atomic E-state index is 13.4. The summed E-state index contributed by atoms with van der Waals surface area (Å²) in [5.74, 6) is -1.23. The van der Waals surface area contributed by atoms with Crippen molar-refractivity contribution in [2.24, 2.45) is 0 Å². The van der Waals surface area contributed by atoms with Crippen molar-refractivity contribution in [2.75, 3.05) is 6.61 Å². The van der Waals surface area contributed by atoms with E-state index in [2.05, 4.69) is 4.74 Å². The van der Waals surface area contributed by atoms with Crippen LogP contribution in [0.1, 0.15) is 18.1 Å². The van der Waals surface area contributed by atoms with Crippen molar-refractivity contribution in [3.05, 3.63) is 41.5 Å². The summed E-state index contributed by atoms with van der Waals surface area (Å²) < 4.78 is 18.0. The summed E-state index contributed by atoms with van der Waals surface area (Å²) in [5, 5.41) is 0. The average Bonchev–Trinajstić information content (AvgIpc) is 2.18. The zero-order valence-corrected chi connectivity index (χ0v) is 8.79. The minimum Gasteiger partial charge on any atom is -0.463 e. The molecule has 0 atom stereocenters. The van der Waals surface area contributed by atoms with Gasteiger partial charge < -0.3 is 4.74 Å². The summed E-state index contributed by atoms with van der Waals surface area (Å²) in [4.78, 5) is 11.0. The highest BCUT2D eigenvalue weighted by atomic mass is 19.1. The number of carbonyl (C=O) groups excluding carboxylic acids is 1. The third-order valence-corrected chi connectivity index (χ3v) is 1.86. The van der Waals surface area contributed by atoms with Crippen molar-refractivity contribution in [3.63, 3.8) is 0 Å². The number of benzene rings is 1. The van der Waals surface area contributed by atoms with Gasteiger partial charge in [0.05, 0.1) is 12.7 Å². The quantitative estimate of drug-likeness (QED) is 0.564. The first kappa shape index (κ1) is 11.4. The van der Waals surface area contributed by atoms with Gasteiger partial charge in [-0.1, -0.05) is 29.8 Å². The Morgan fingerprint density at radius 2 is 2.00 bits per heavy atom. The first-order chi connectivity index (χ1) is 7.13. The molecular formula is C12H13FO2. The molecule has 2 nitrogen and oxygen atoms in total. The Morgan fingerprint density at radius 1 is 1.40 bits per heavy atom. The lowest BCUT2D eigenvalue weighted by molar-refractivity contribution is -0.137. The molecule has 15 heavy (non-hydrogen) atoms. The Hall–Kier alpha value is -1.64. The van der Waals surface area contributed by atoms with Gasteiger partial charge in [-0.2, -0.15) is 0 Å². The molecule has 0 radical (unpaired) electrons. The molecule has 80 valence electrons. The minimum absolute atomic E-state index is 0.247. The molecule has 0 unspecified atom stereocenters. The number of esters is 1. The van der Waals surface area contributed by atoms with Gasteiger partial charge in [0.15, 0.2) is 0 Å². The van der Waals surface area contributed by atoms with Crippen LogP contribution in [0.2, 0.25) is 0 Å². The van der Waals surface area contributed by atoms with Crippen LogP contribution in [0, 0.1) is 6.92 Å². The summed E-state index contributed by atoms with van der Waals surface area (Å²) in [6.45, 7) is 3.84. The highest BCUT2D eigenvalue weighted by Crippen LogP contribution is 2.16. The smallest absolute Gasteiger partial charge is 0.333 e. The molecule has 0 fully saturated rings. The van der Waals surface area contributed by atoms with E-state index >= 15 is 0 Å². The van der Waals surface area contributed by atoms with E-state index in [4.69, 9.17) is 0 Å². The molecule has 3 heteroatoms. The molecular weight excluding hydrogens is 195 g/mol. The molecule has 0 saturated heterocycles. The van der Waals surface area contributed by atoms with E-state index in [1.807, 2.05) is 6.92 Å². The van der Waals surface area contributed by atoms with Crippen LogP contribution in [-0.4, -0.2) is 12.6 Å². The normalized spacial score (nSPS) is 11.3. The van der Waals surface area contributed by atoms with Crippen LogP contribution in [0.4, 0.5) is 4.39 Å². The van der Waals surface area contributed by atoms with Gasteiger partial charge in [-0.25, -0.2) is 9.18 Å². The van der Waals surface area contributed by atoms with Crippen LogP contribution >= 0.6 is 0 Å². The van der Waals surface area contributed by atoms with Gasteiger partial charge in [-0.3, -0.25) is 0 Å². The summed E-state index contributed by atoms with van der Waals surface area (Å²) in [7, 11) is 0. The lowest BCUT2D eigenvalue weighted by Gasteiger charge is -1.99. The second kappa shape index (κ2) is 5.29. The van der Waals surface area contributed by atoms with E-state index in [1.54, 1.807) is 31.2 Å². The fourth-order valence-corrected chi connectivity index (χ4v) is 1.08. The van der Waals surface area contributed by atoms with E-state index in [0.717, 1.165) is 11.6 Å². The van der Waals surface area contributed by atoms with E-state index in [1.165, 1.54) is 0 Å². The molecule has 0 aliphatic carbocycles. The zero-order chi connectivity index (χ0) is 11.3. The molecule has 0 amide bonds. The maximum Gasteiger partial charge on any atom is 0.333 e. The summed E-state index contributed by atoms with van der Waals surface area (Å²) in [5.41, 5.74) is 1.43. The Morgan fingerprint density at radius 3 is 2.53 bits per heavy atom. The lowest BCUT2D eigenvalue weighted by Crippen LogP contribution is -1.99. The topological polar surface area (TPSA) is 26.3 Å². The van der Waals surface area contributed by atoms with Crippen LogP contribution < -0.4 is 0 Å². The summed E-state index contributed by atoms with van der Waals surface area (Å²) >= 11 is 0. The van der Waals surface area contributed by atoms with Gasteiger partial charge in [0.2, 0.25) is 0 Å². The van der Waals surface area contributed by atoms with Crippen LogP contribution in [0.3, 0.4) is 0 Å². The second-order valence-electron chi connectivity index (χ2n) is 3.11. The summed E-state index contributed by atoms with van der Waals surface area (Å²) in [6, 6.07) is 6.82. The highest BCUT2D eigenvalue weighted by Gasteiger charge is 2.03. The Labute approximate surface area is 88.4 Å². The average molecular weight is 208 g/mol. The minimum atomic E-state index is -0.657. The number of aryl methyl sites for hydroxylation is 1. The van der Waals surface area contributed by atoms with Crippen LogP contribution in [0.25, 0.3) is 5.83 Å². The number of hydrogen-bond donors (Lipinski definition) is 0. The second-order valence-corrected chi connectivity index (χ2v) is 3.11. The van der Waals surface area contributed by atoms with Gasteiger partial charge in [0.1, 0.15) is 5.83 Å². The standard InChI is InChI=1S/C12H13FO2/c1-3-15-12(14)8-11(13)10-6-4-9(2)5-7-10/h4-8H,3H2,1-2H3/b11-8-. The molecule has 0 N–H and O–H groups in total. The predicted molar refractivity (Wildman–Crippen MR) is 56.9 cm³/mol. The molecule has 0 spiro atoms. The van der Waals surface area contributed by atoms with Gasteiger partial charge in [-0.05, 0) is 13.8 Å². The zero-order valence-electron chi connectivity index (χ0n) is 8.79. The van der Waals surface area contributed by atoms with Crippen molar-refractivity contribution in [1.82, 2.24) is 0 Å². The predicted octanol–water partition coefficient (Wildman–Crippen LogP) is 2.87. The van der Waals surface area contributed by atoms with Crippen molar-refractivity contribution in [2.45, 2.75) is 13.8 Å². The molecule has 0 bridgehead atoms. The largest absolute Gasteiger partial charge is 0.463 e.